The Kier molecular flexibility index (Phi) is 7.98. The first kappa shape index (κ1) is 21.7. The molecular weight excluding hydrogens is 404 g/mol. The van der Waals surface area contributed by atoms with Crippen LogP contribution in [-0.2, 0) is 5.75 Å². The van der Waals surface area contributed by atoms with E-state index in [2.05, 4.69) is 58.2 Å². The zero-order chi connectivity index (χ0) is 19.2. The minimum atomic E-state index is -0.0896. The van der Waals surface area contributed by atoms with Crippen molar-refractivity contribution in [2.24, 2.45) is 0 Å². The number of fused-ring (bicyclic) bond motifs is 1. The third-order valence-electron chi connectivity index (χ3n) is 5.16. The van der Waals surface area contributed by atoms with Gasteiger partial charge in [-0.05, 0) is 41.8 Å². The van der Waals surface area contributed by atoms with Gasteiger partial charge >= 0.3 is 0 Å². The molecule has 1 saturated heterocycles. The predicted molar refractivity (Wildman–Crippen MR) is 123 cm³/mol. The van der Waals surface area contributed by atoms with Gasteiger partial charge in [0, 0.05) is 30.8 Å². The van der Waals surface area contributed by atoms with Gasteiger partial charge < -0.3 is 10.6 Å². The third-order valence-corrected chi connectivity index (χ3v) is 6.16. The molecule has 1 atom stereocenters. The highest BCUT2D eigenvalue weighted by Crippen LogP contribution is 2.22. The Bertz CT molecular complexity index is 934. The molecule has 0 aliphatic carbocycles. The van der Waals surface area contributed by atoms with Gasteiger partial charge in [0.25, 0.3) is 5.91 Å². The summed E-state index contributed by atoms with van der Waals surface area (Å²) in [7, 11) is 0. The first-order valence-corrected chi connectivity index (χ1v) is 11.1. The maximum Gasteiger partial charge on any atom is 0.271 e. The first-order chi connectivity index (χ1) is 13.8. The normalized spacial score (nSPS) is 16.3. The highest BCUT2D eigenvalue weighted by atomic mass is 35.5. The van der Waals surface area contributed by atoms with Gasteiger partial charge in [-0.3, -0.25) is 9.48 Å². The number of rotatable bonds is 7. The van der Waals surface area contributed by atoms with Crippen LogP contribution in [0.2, 0.25) is 0 Å². The van der Waals surface area contributed by atoms with Crippen LogP contribution >= 0.6 is 24.2 Å². The second-order valence-corrected chi connectivity index (χ2v) is 8.23. The van der Waals surface area contributed by atoms with E-state index < -0.39 is 0 Å². The standard InChI is InChI=1S/C22H26N4OS.ClH/c27-22(21-10-13-26(25-21)19-8-4-11-23-15-19)24-12-14-28-16-18-7-3-6-17-5-1-2-9-20(17)18;/h1-3,5-7,9-10,13,19,23H,4,8,11-12,14-16H2,(H,24,27);1H. The third kappa shape index (κ3) is 5.53. The van der Waals surface area contributed by atoms with Crippen molar-refractivity contribution >= 4 is 40.8 Å². The summed E-state index contributed by atoms with van der Waals surface area (Å²) in [5.41, 5.74) is 1.85. The Hall–Kier alpha value is -2.02. The average Bonchev–Trinajstić information content (AvgIpc) is 3.25. The van der Waals surface area contributed by atoms with Crippen LogP contribution < -0.4 is 10.6 Å². The molecular formula is C22H27ClN4OS. The van der Waals surface area contributed by atoms with E-state index in [1.807, 2.05) is 28.7 Å². The van der Waals surface area contributed by atoms with Crippen LogP contribution in [0.3, 0.4) is 0 Å². The summed E-state index contributed by atoms with van der Waals surface area (Å²) in [4.78, 5) is 12.3. The fourth-order valence-electron chi connectivity index (χ4n) is 3.65. The molecule has 1 aliphatic heterocycles. The van der Waals surface area contributed by atoms with Crippen LogP contribution in [0.5, 0.6) is 0 Å². The first-order valence-electron chi connectivity index (χ1n) is 9.90. The zero-order valence-electron chi connectivity index (χ0n) is 16.3. The van der Waals surface area contributed by atoms with E-state index >= 15 is 0 Å². The van der Waals surface area contributed by atoms with Crippen LogP contribution in [-0.4, -0.2) is 41.1 Å². The molecule has 1 fully saturated rings. The Labute approximate surface area is 182 Å². The Morgan fingerprint density at radius 2 is 2.07 bits per heavy atom. The van der Waals surface area contributed by atoms with Gasteiger partial charge in [0.2, 0.25) is 0 Å². The lowest BCUT2D eigenvalue weighted by atomic mass is 10.1. The molecule has 0 spiro atoms. The maximum atomic E-state index is 12.3. The summed E-state index contributed by atoms with van der Waals surface area (Å²) in [6.45, 7) is 2.64. The number of nitrogens with zero attached hydrogens (tertiary/aromatic N) is 2. The Balaban J connectivity index is 0.00000240. The molecule has 2 heterocycles. The molecule has 1 amide bonds. The average molecular weight is 431 g/mol. The number of hydrogen-bond acceptors (Lipinski definition) is 4. The number of halogens is 1. The van der Waals surface area contributed by atoms with Gasteiger partial charge in [0.1, 0.15) is 5.69 Å². The number of carbonyl (C=O) groups excluding carboxylic acids is 1. The van der Waals surface area contributed by atoms with Crippen LogP contribution in [0, 0.1) is 0 Å². The summed E-state index contributed by atoms with van der Waals surface area (Å²) in [6.07, 6.45) is 4.18. The van der Waals surface area contributed by atoms with Crippen molar-refractivity contribution in [2.75, 3.05) is 25.4 Å². The molecule has 7 heteroatoms. The van der Waals surface area contributed by atoms with Crippen molar-refractivity contribution in [1.82, 2.24) is 20.4 Å². The highest BCUT2D eigenvalue weighted by molar-refractivity contribution is 7.98. The van der Waals surface area contributed by atoms with Gasteiger partial charge in [0.05, 0.1) is 6.04 Å². The second kappa shape index (κ2) is 10.7. The summed E-state index contributed by atoms with van der Waals surface area (Å²) in [5.74, 6) is 1.73. The Morgan fingerprint density at radius 3 is 2.93 bits per heavy atom. The molecule has 154 valence electrons. The number of nitrogens with one attached hydrogen (secondary N) is 2. The van der Waals surface area contributed by atoms with Crippen LogP contribution in [0.15, 0.2) is 54.7 Å². The number of aromatic nitrogens is 2. The van der Waals surface area contributed by atoms with Crippen LogP contribution in [0.4, 0.5) is 0 Å². The SMILES string of the molecule is Cl.O=C(NCCSCc1cccc2ccccc12)c1ccn(C2CCCNC2)n1. The fourth-order valence-corrected chi connectivity index (χ4v) is 4.51. The largest absolute Gasteiger partial charge is 0.350 e. The topological polar surface area (TPSA) is 59.0 Å². The van der Waals surface area contributed by atoms with Crippen LogP contribution in [0.1, 0.15) is 34.9 Å². The van der Waals surface area contributed by atoms with Crippen molar-refractivity contribution in [3.63, 3.8) is 0 Å². The van der Waals surface area contributed by atoms with Gasteiger partial charge in [-0.25, -0.2) is 0 Å². The highest BCUT2D eigenvalue weighted by Gasteiger charge is 2.17. The summed E-state index contributed by atoms with van der Waals surface area (Å²) in [6, 6.07) is 17.1. The summed E-state index contributed by atoms with van der Waals surface area (Å²) < 4.78 is 1.93. The molecule has 5 nitrogen and oxygen atoms in total. The predicted octanol–water partition coefficient (Wildman–Crippen LogP) is 4.05. The molecule has 1 unspecified atom stereocenters. The minimum Gasteiger partial charge on any atom is -0.350 e. The number of amides is 1. The molecule has 1 aromatic heterocycles. The monoisotopic (exact) mass is 430 g/mol. The van der Waals surface area contributed by atoms with Crippen molar-refractivity contribution < 1.29 is 4.79 Å². The van der Waals surface area contributed by atoms with E-state index in [0.717, 1.165) is 37.4 Å². The summed E-state index contributed by atoms with van der Waals surface area (Å²) >= 11 is 1.84. The number of piperidine rings is 1. The van der Waals surface area contributed by atoms with Crippen molar-refractivity contribution in [2.45, 2.75) is 24.6 Å². The van der Waals surface area contributed by atoms with Crippen LogP contribution in [0.25, 0.3) is 10.8 Å². The molecule has 2 aromatic carbocycles. The van der Waals surface area contributed by atoms with E-state index in [1.165, 1.54) is 16.3 Å². The van der Waals surface area contributed by atoms with Crippen molar-refractivity contribution in [3.8, 4) is 0 Å². The molecule has 0 saturated carbocycles. The number of thioether (sulfide) groups is 1. The molecule has 2 N–H and O–H groups in total. The quantitative estimate of drug-likeness (QED) is 0.555. The minimum absolute atomic E-state index is 0. The van der Waals surface area contributed by atoms with Gasteiger partial charge in [0.15, 0.2) is 0 Å². The van der Waals surface area contributed by atoms with Crippen molar-refractivity contribution in [1.29, 1.82) is 0 Å². The van der Waals surface area contributed by atoms with E-state index in [9.17, 15) is 4.79 Å². The van der Waals surface area contributed by atoms with Crippen molar-refractivity contribution in [3.05, 3.63) is 66.0 Å². The molecule has 4 rings (SSSR count). The molecule has 29 heavy (non-hydrogen) atoms. The molecule has 0 radical (unpaired) electrons. The van der Waals surface area contributed by atoms with E-state index in [0.29, 0.717) is 18.3 Å². The van der Waals surface area contributed by atoms with Gasteiger partial charge in [-0.1, -0.05) is 42.5 Å². The van der Waals surface area contributed by atoms with E-state index in [4.69, 9.17) is 0 Å². The lowest BCUT2D eigenvalue weighted by Gasteiger charge is -2.22. The van der Waals surface area contributed by atoms with Gasteiger partial charge in [-0.15, -0.1) is 12.4 Å². The molecule has 0 bridgehead atoms. The second-order valence-electron chi connectivity index (χ2n) is 7.13. The van der Waals surface area contributed by atoms with Gasteiger partial charge in [-0.2, -0.15) is 16.9 Å². The smallest absolute Gasteiger partial charge is 0.271 e. The maximum absolute atomic E-state index is 12.3. The summed E-state index contributed by atoms with van der Waals surface area (Å²) in [5, 5.41) is 13.4. The molecule has 3 aromatic rings. The zero-order valence-corrected chi connectivity index (χ0v) is 18.0. The fraction of sp³-hybridized carbons (Fsp3) is 0.364. The number of carbonyl (C=O) groups is 1. The van der Waals surface area contributed by atoms with E-state index in [1.54, 1.807) is 0 Å². The number of hydrogen-bond donors (Lipinski definition) is 2. The molecule has 1 aliphatic rings. The number of benzene rings is 2. The lowest BCUT2D eigenvalue weighted by Crippen LogP contribution is -2.32. The lowest BCUT2D eigenvalue weighted by molar-refractivity contribution is 0.0950. The Morgan fingerprint density at radius 1 is 1.21 bits per heavy atom. The van der Waals surface area contributed by atoms with E-state index in [-0.39, 0.29) is 18.3 Å².